The Morgan fingerprint density at radius 2 is 1.94 bits per heavy atom. The van der Waals surface area contributed by atoms with E-state index in [1.807, 2.05) is 0 Å². The fourth-order valence-electron chi connectivity index (χ4n) is 1.56. The summed E-state index contributed by atoms with van der Waals surface area (Å²) in [5.74, 6) is 1.66. The molecule has 0 radical (unpaired) electrons. The van der Waals surface area contributed by atoms with E-state index in [-0.39, 0.29) is 0 Å². The zero-order chi connectivity index (χ0) is 12.6. The molecule has 0 amide bonds. The maximum Gasteiger partial charge on any atom is 0.146 e. The number of anilines is 2. The maximum atomic E-state index is 4.45. The molecule has 2 heterocycles. The average Bonchev–Trinajstić information content (AvgIpc) is 2.90. The van der Waals surface area contributed by atoms with E-state index in [1.165, 1.54) is 4.88 Å². The van der Waals surface area contributed by atoms with Crippen molar-refractivity contribution in [3.05, 3.63) is 34.8 Å². The van der Waals surface area contributed by atoms with E-state index < -0.39 is 0 Å². The molecule has 0 aromatic carbocycles. The van der Waals surface area contributed by atoms with Crippen LogP contribution in [0.3, 0.4) is 0 Å². The van der Waals surface area contributed by atoms with E-state index >= 15 is 0 Å². The molecule has 0 aliphatic rings. The highest BCUT2D eigenvalue weighted by Gasteiger charge is 1.98. The molecule has 0 aliphatic carbocycles. The van der Waals surface area contributed by atoms with Gasteiger partial charge in [-0.05, 0) is 24.3 Å². The predicted octanol–water partition coefficient (Wildman–Crippen LogP) is 3.01. The molecule has 2 N–H and O–H groups in total. The molecular weight excluding hydrogens is 244 g/mol. The monoisotopic (exact) mass is 262 g/mol. The molecule has 0 fully saturated rings. The van der Waals surface area contributed by atoms with Gasteiger partial charge in [-0.1, -0.05) is 13.0 Å². The topological polar surface area (TPSA) is 49.8 Å². The molecular formula is C13H18N4S. The van der Waals surface area contributed by atoms with E-state index in [1.54, 1.807) is 23.7 Å². The molecule has 0 spiro atoms. The van der Waals surface area contributed by atoms with Gasteiger partial charge < -0.3 is 10.6 Å². The molecule has 96 valence electrons. The van der Waals surface area contributed by atoms with Crippen LogP contribution in [-0.4, -0.2) is 23.1 Å². The largest absolute Gasteiger partial charge is 0.369 e. The molecule has 0 saturated heterocycles. The van der Waals surface area contributed by atoms with Crippen molar-refractivity contribution < 1.29 is 0 Å². The van der Waals surface area contributed by atoms with Crippen molar-refractivity contribution in [2.24, 2.45) is 0 Å². The minimum Gasteiger partial charge on any atom is -0.369 e. The Bertz CT molecular complexity index is 456. The van der Waals surface area contributed by atoms with Gasteiger partial charge in [0, 0.05) is 18.0 Å². The first kappa shape index (κ1) is 12.8. The summed E-state index contributed by atoms with van der Waals surface area (Å²) in [4.78, 5) is 10.0. The lowest BCUT2D eigenvalue weighted by atomic mass is 10.3. The Morgan fingerprint density at radius 1 is 1.17 bits per heavy atom. The van der Waals surface area contributed by atoms with Crippen LogP contribution in [-0.2, 0) is 6.42 Å². The number of thiophene rings is 1. The summed E-state index contributed by atoms with van der Waals surface area (Å²) in [7, 11) is 0. The van der Waals surface area contributed by atoms with Crippen LogP contribution in [0, 0.1) is 0 Å². The van der Waals surface area contributed by atoms with Crippen LogP contribution in [0.25, 0.3) is 0 Å². The highest BCUT2D eigenvalue weighted by atomic mass is 32.1. The summed E-state index contributed by atoms with van der Waals surface area (Å²) in [6.07, 6.45) is 5.61. The van der Waals surface area contributed by atoms with Crippen LogP contribution < -0.4 is 10.6 Å². The average molecular weight is 262 g/mol. The Balaban J connectivity index is 1.81. The van der Waals surface area contributed by atoms with Gasteiger partial charge in [0.1, 0.15) is 11.6 Å². The normalized spacial score (nSPS) is 10.3. The van der Waals surface area contributed by atoms with Crippen molar-refractivity contribution in [1.29, 1.82) is 0 Å². The zero-order valence-corrected chi connectivity index (χ0v) is 11.3. The van der Waals surface area contributed by atoms with Gasteiger partial charge >= 0.3 is 0 Å². The molecule has 0 unspecified atom stereocenters. The molecule has 0 saturated carbocycles. The Morgan fingerprint density at radius 3 is 2.61 bits per heavy atom. The highest BCUT2D eigenvalue weighted by Crippen LogP contribution is 2.10. The first-order valence-corrected chi connectivity index (χ1v) is 7.08. The van der Waals surface area contributed by atoms with Crippen LogP contribution in [0.5, 0.6) is 0 Å². The summed E-state index contributed by atoms with van der Waals surface area (Å²) in [6, 6.07) is 4.23. The Labute approximate surface area is 111 Å². The second-order valence-electron chi connectivity index (χ2n) is 3.97. The molecule has 4 nitrogen and oxygen atoms in total. The minimum atomic E-state index is 0.827. The number of hydrogen-bond donors (Lipinski definition) is 2. The van der Waals surface area contributed by atoms with Crippen LogP contribution in [0.15, 0.2) is 29.9 Å². The standard InChI is InChI=1S/C13H18N4S/c1-2-6-15-12-9-14-10-13(17-12)16-7-5-11-4-3-8-18-11/h3-4,8-10H,2,5-7H2,1H3,(H2,15,16,17). The highest BCUT2D eigenvalue weighted by molar-refractivity contribution is 7.09. The lowest BCUT2D eigenvalue weighted by Gasteiger charge is -2.07. The number of rotatable bonds is 7. The fourth-order valence-corrected chi connectivity index (χ4v) is 2.27. The minimum absolute atomic E-state index is 0.827. The molecule has 5 heteroatoms. The first-order valence-electron chi connectivity index (χ1n) is 6.20. The van der Waals surface area contributed by atoms with Crippen molar-refractivity contribution in [2.45, 2.75) is 19.8 Å². The van der Waals surface area contributed by atoms with Crippen LogP contribution >= 0.6 is 11.3 Å². The third-order valence-corrected chi connectivity index (χ3v) is 3.38. The lowest BCUT2D eigenvalue weighted by Crippen LogP contribution is -2.08. The molecule has 0 aliphatic heterocycles. The molecule has 0 atom stereocenters. The fraction of sp³-hybridized carbons (Fsp3) is 0.385. The van der Waals surface area contributed by atoms with Gasteiger partial charge in [0.15, 0.2) is 0 Å². The van der Waals surface area contributed by atoms with E-state index in [9.17, 15) is 0 Å². The quantitative estimate of drug-likeness (QED) is 0.805. The van der Waals surface area contributed by atoms with Gasteiger partial charge in [-0.3, -0.25) is 4.98 Å². The van der Waals surface area contributed by atoms with Gasteiger partial charge in [-0.15, -0.1) is 11.3 Å². The third kappa shape index (κ3) is 4.00. The number of nitrogens with one attached hydrogen (secondary N) is 2. The predicted molar refractivity (Wildman–Crippen MR) is 77.3 cm³/mol. The van der Waals surface area contributed by atoms with Gasteiger partial charge in [-0.2, -0.15) is 0 Å². The van der Waals surface area contributed by atoms with Crippen molar-refractivity contribution in [1.82, 2.24) is 9.97 Å². The van der Waals surface area contributed by atoms with E-state index in [0.717, 1.165) is 37.6 Å². The summed E-state index contributed by atoms with van der Waals surface area (Å²) < 4.78 is 0. The van der Waals surface area contributed by atoms with Crippen molar-refractivity contribution >= 4 is 23.0 Å². The van der Waals surface area contributed by atoms with Crippen molar-refractivity contribution in [3.8, 4) is 0 Å². The van der Waals surface area contributed by atoms with Crippen LogP contribution in [0.2, 0.25) is 0 Å². The third-order valence-electron chi connectivity index (χ3n) is 2.45. The second kappa shape index (κ2) is 6.96. The molecule has 0 bridgehead atoms. The van der Waals surface area contributed by atoms with Gasteiger partial charge in [0.2, 0.25) is 0 Å². The second-order valence-corrected chi connectivity index (χ2v) is 5.00. The Hall–Kier alpha value is -1.62. The van der Waals surface area contributed by atoms with Crippen LogP contribution in [0.1, 0.15) is 18.2 Å². The molecule has 2 aromatic heterocycles. The maximum absolute atomic E-state index is 4.45. The van der Waals surface area contributed by atoms with Crippen molar-refractivity contribution in [3.63, 3.8) is 0 Å². The van der Waals surface area contributed by atoms with Crippen LogP contribution in [0.4, 0.5) is 11.6 Å². The molecule has 2 aromatic rings. The lowest BCUT2D eigenvalue weighted by molar-refractivity contribution is 0.960. The number of aromatic nitrogens is 2. The van der Waals surface area contributed by atoms with E-state index in [2.05, 4.69) is 45.0 Å². The van der Waals surface area contributed by atoms with Gasteiger partial charge in [0.05, 0.1) is 12.4 Å². The van der Waals surface area contributed by atoms with E-state index in [0.29, 0.717) is 0 Å². The number of nitrogens with zero attached hydrogens (tertiary/aromatic N) is 2. The smallest absolute Gasteiger partial charge is 0.146 e. The van der Waals surface area contributed by atoms with Gasteiger partial charge in [-0.25, -0.2) is 4.98 Å². The van der Waals surface area contributed by atoms with E-state index in [4.69, 9.17) is 0 Å². The summed E-state index contributed by atoms with van der Waals surface area (Å²) in [5, 5.41) is 8.62. The number of hydrogen-bond acceptors (Lipinski definition) is 5. The molecule has 2 rings (SSSR count). The summed E-state index contributed by atoms with van der Waals surface area (Å²) in [5.41, 5.74) is 0. The zero-order valence-electron chi connectivity index (χ0n) is 10.5. The van der Waals surface area contributed by atoms with Crippen molar-refractivity contribution in [2.75, 3.05) is 23.7 Å². The summed E-state index contributed by atoms with van der Waals surface area (Å²) >= 11 is 1.78. The first-order chi connectivity index (χ1) is 8.88. The van der Waals surface area contributed by atoms with Gasteiger partial charge in [0.25, 0.3) is 0 Å². The summed E-state index contributed by atoms with van der Waals surface area (Å²) in [6.45, 7) is 3.93. The SMILES string of the molecule is CCCNc1cncc(NCCc2cccs2)n1. The molecule has 18 heavy (non-hydrogen) atoms. The Kier molecular flexibility index (Phi) is 4.96.